The van der Waals surface area contributed by atoms with Gasteiger partial charge in [0.25, 0.3) is 0 Å². The fourth-order valence-electron chi connectivity index (χ4n) is 3.04. The van der Waals surface area contributed by atoms with E-state index in [1.807, 2.05) is 60.1 Å². The SMILES string of the molecule is Cc1cccc(-n2nc(C)cc2-c2ccnc(OCc3ccccc3)c2)c1. The van der Waals surface area contributed by atoms with Gasteiger partial charge in [-0.1, -0.05) is 42.5 Å². The molecule has 27 heavy (non-hydrogen) atoms. The summed E-state index contributed by atoms with van der Waals surface area (Å²) in [5.74, 6) is 0.603. The molecule has 0 aliphatic carbocycles. The lowest BCUT2D eigenvalue weighted by molar-refractivity contribution is 0.294. The van der Waals surface area contributed by atoms with Crippen LogP contribution >= 0.6 is 0 Å². The Morgan fingerprint density at radius 3 is 2.56 bits per heavy atom. The Morgan fingerprint density at radius 2 is 1.74 bits per heavy atom. The first-order chi connectivity index (χ1) is 13.2. The van der Waals surface area contributed by atoms with Crippen molar-refractivity contribution in [3.63, 3.8) is 0 Å². The Kier molecular flexibility index (Phi) is 4.71. The number of aryl methyl sites for hydroxylation is 2. The van der Waals surface area contributed by atoms with E-state index in [1.165, 1.54) is 5.56 Å². The molecule has 0 fully saturated rings. The zero-order valence-corrected chi connectivity index (χ0v) is 15.5. The fourth-order valence-corrected chi connectivity index (χ4v) is 3.04. The molecule has 0 spiro atoms. The van der Waals surface area contributed by atoms with Crippen LogP contribution in [0.25, 0.3) is 16.9 Å². The predicted octanol–water partition coefficient (Wildman–Crippen LogP) is 5.13. The van der Waals surface area contributed by atoms with Crippen molar-refractivity contribution in [1.29, 1.82) is 0 Å². The number of pyridine rings is 1. The van der Waals surface area contributed by atoms with Crippen molar-refractivity contribution in [3.05, 3.63) is 95.8 Å². The molecule has 0 radical (unpaired) electrons. The van der Waals surface area contributed by atoms with Gasteiger partial charge in [-0.3, -0.25) is 0 Å². The molecule has 2 heterocycles. The van der Waals surface area contributed by atoms with Gasteiger partial charge in [0, 0.05) is 17.8 Å². The zero-order valence-electron chi connectivity index (χ0n) is 15.5. The molecular weight excluding hydrogens is 334 g/mol. The third kappa shape index (κ3) is 3.90. The van der Waals surface area contributed by atoms with Crippen LogP contribution in [0.5, 0.6) is 5.88 Å². The number of hydrogen-bond donors (Lipinski definition) is 0. The highest BCUT2D eigenvalue weighted by atomic mass is 16.5. The Morgan fingerprint density at radius 1 is 0.889 bits per heavy atom. The van der Waals surface area contributed by atoms with E-state index in [-0.39, 0.29) is 0 Å². The van der Waals surface area contributed by atoms with Crippen LogP contribution in [0.15, 0.2) is 79.0 Å². The van der Waals surface area contributed by atoms with E-state index in [1.54, 1.807) is 6.20 Å². The Bertz CT molecular complexity index is 1050. The Balaban J connectivity index is 1.64. The van der Waals surface area contributed by atoms with Crippen LogP contribution in [-0.4, -0.2) is 14.8 Å². The maximum absolute atomic E-state index is 5.88. The first-order valence-corrected chi connectivity index (χ1v) is 8.96. The maximum Gasteiger partial charge on any atom is 0.214 e. The lowest BCUT2D eigenvalue weighted by atomic mass is 10.1. The molecule has 0 amide bonds. The van der Waals surface area contributed by atoms with Crippen LogP contribution in [0.3, 0.4) is 0 Å². The molecule has 4 rings (SSSR count). The molecule has 0 aliphatic rings. The summed E-state index contributed by atoms with van der Waals surface area (Å²) in [6, 6.07) is 24.5. The molecule has 0 N–H and O–H groups in total. The molecule has 2 aromatic heterocycles. The molecule has 0 atom stereocenters. The maximum atomic E-state index is 5.88. The summed E-state index contributed by atoms with van der Waals surface area (Å²) in [4.78, 5) is 4.35. The summed E-state index contributed by atoms with van der Waals surface area (Å²) in [7, 11) is 0. The molecule has 0 unspecified atom stereocenters. The topological polar surface area (TPSA) is 39.9 Å². The number of rotatable bonds is 5. The van der Waals surface area contributed by atoms with Gasteiger partial charge in [-0.2, -0.15) is 5.10 Å². The van der Waals surface area contributed by atoms with Crippen LogP contribution in [0.2, 0.25) is 0 Å². The number of ether oxygens (including phenoxy) is 1. The summed E-state index contributed by atoms with van der Waals surface area (Å²) in [5.41, 5.74) is 6.37. The highest BCUT2D eigenvalue weighted by molar-refractivity contribution is 5.63. The highest BCUT2D eigenvalue weighted by Gasteiger charge is 2.11. The van der Waals surface area contributed by atoms with Crippen LogP contribution in [0.1, 0.15) is 16.8 Å². The van der Waals surface area contributed by atoms with E-state index in [9.17, 15) is 0 Å². The molecule has 4 heteroatoms. The third-order valence-electron chi connectivity index (χ3n) is 4.34. The first-order valence-electron chi connectivity index (χ1n) is 8.96. The van der Waals surface area contributed by atoms with Gasteiger partial charge < -0.3 is 4.74 Å². The minimum atomic E-state index is 0.494. The van der Waals surface area contributed by atoms with Crippen molar-refractivity contribution in [3.8, 4) is 22.8 Å². The Labute approximate surface area is 159 Å². The molecule has 4 nitrogen and oxygen atoms in total. The smallest absolute Gasteiger partial charge is 0.214 e. The lowest BCUT2D eigenvalue weighted by Gasteiger charge is -2.10. The van der Waals surface area contributed by atoms with Crippen molar-refractivity contribution >= 4 is 0 Å². The number of aromatic nitrogens is 3. The van der Waals surface area contributed by atoms with E-state index in [0.29, 0.717) is 12.5 Å². The number of hydrogen-bond acceptors (Lipinski definition) is 3. The van der Waals surface area contributed by atoms with Gasteiger partial charge in [-0.05, 0) is 49.2 Å². The largest absolute Gasteiger partial charge is 0.473 e. The normalized spacial score (nSPS) is 10.7. The van der Waals surface area contributed by atoms with Gasteiger partial charge in [0.1, 0.15) is 6.61 Å². The van der Waals surface area contributed by atoms with Gasteiger partial charge >= 0.3 is 0 Å². The van der Waals surface area contributed by atoms with E-state index in [2.05, 4.69) is 41.3 Å². The second kappa shape index (κ2) is 7.46. The predicted molar refractivity (Wildman–Crippen MR) is 107 cm³/mol. The first kappa shape index (κ1) is 17.0. The minimum absolute atomic E-state index is 0.494. The van der Waals surface area contributed by atoms with Crippen molar-refractivity contribution in [2.45, 2.75) is 20.5 Å². The quantitative estimate of drug-likeness (QED) is 0.498. The molecular formula is C23H21N3O. The van der Waals surface area contributed by atoms with Gasteiger partial charge in [-0.15, -0.1) is 0 Å². The summed E-state index contributed by atoms with van der Waals surface area (Å²) in [6.07, 6.45) is 1.78. The second-order valence-corrected chi connectivity index (χ2v) is 6.58. The van der Waals surface area contributed by atoms with Gasteiger partial charge in [0.15, 0.2) is 0 Å². The Hall–Kier alpha value is -3.40. The molecule has 2 aromatic carbocycles. The monoisotopic (exact) mass is 355 g/mol. The second-order valence-electron chi connectivity index (χ2n) is 6.58. The van der Waals surface area contributed by atoms with Crippen LogP contribution in [0, 0.1) is 13.8 Å². The van der Waals surface area contributed by atoms with Crippen molar-refractivity contribution in [1.82, 2.24) is 14.8 Å². The van der Waals surface area contributed by atoms with Gasteiger partial charge in [-0.25, -0.2) is 9.67 Å². The minimum Gasteiger partial charge on any atom is -0.473 e. The summed E-state index contributed by atoms with van der Waals surface area (Å²) < 4.78 is 7.86. The van der Waals surface area contributed by atoms with E-state index in [4.69, 9.17) is 4.74 Å². The molecule has 0 bridgehead atoms. The zero-order chi connectivity index (χ0) is 18.6. The molecule has 0 aliphatic heterocycles. The van der Waals surface area contributed by atoms with Crippen molar-refractivity contribution in [2.75, 3.05) is 0 Å². The average Bonchev–Trinajstić information content (AvgIpc) is 3.09. The third-order valence-corrected chi connectivity index (χ3v) is 4.34. The van der Waals surface area contributed by atoms with E-state index in [0.717, 1.165) is 28.2 Å². The van der Waals surface area contributed by atoms with Crippen LogP contribution in [0.4, 0.5) is 0 Å². The number of benzene rings is 2. The average molecular weight is 355 g/mol. The van der Waals surface area contributed by atoms with E-state index >= 15 is 0 Å². The molecule has 0 saturated carbocycles. The number of nitrogens with zero attached hydrogens (tertiary/aromatic N) is 3. The van der Waals surface area contributed by atoms with Crippen LogP contribution < -0.4 is 4.74 Å². The van der Waals surface area contributed by atoms with Crippen molar-refractivity contribution < 1.29 is 4.74 Å². The summed E-state index contributed by atoms with van der Waals surface area (Å²) in [5, 5.41) is 4.68. The highest BCUT2D eigenvalue weighted by Crippen LogP contribution is 2.26. The summed E-state index contributed by atoms with van der Waals surface area (Å²) in [6.45, 7) is 4.58. The standard InChI is InChI=1S/C23H21N3O/c1-17-7-6-10-21(13-17)26-22(14-18(2)25-26)20-11-12-24-23(15-20)27-16-19-8-4-3-5-9-19/h3-15H,16H2,1-2H3. The lowest BCUT2D eigenvalue weighted by Crippen LogP contribution is -2.01. The van der Waals surface area contributed by atoms with Crippen molar-refractivity contribution in [2.24, 2.45) is 0 Å². The molecule has 134 valence electrons. The molecule has 4 aromatic rings. The van der Waals surface area contributed by atoms with E-state index < -0.39 is 0 Å². The van der Waals surface area contributed by atoms with Crippen LogP contribution in [-0.2, 0) is 6.61 Å². The van der Waals surface area contributed by atoms with Gasteiger partial charge in [0.05, 0.1) is 17.1 Å². The summed E-state index contributed by atoms with van der Waals surface area (Å²) >= 11 is 0. The fraction of sp³-hybridized carbons (Fsp3) is 0.130. The van der Waals surface area contributed by atoms with Gasteiger partial charge in [0.2, 0.25) is 5.88 Å². The molecule has 0 saturated heterocycles.